The summed E-state index contributed by atoms with van der Waals surface area (Å²) in [5.41, 5.74) is 2.87. The first-order valence-electron chi connectivity index (χ1n) is 5.65. The van der Waals surface area contributed by atoms with E-state index in [9.17, 15) is 27.2 Å². The summed E-state index contributed by atoms with van der Waals surface area (Å²) in [5, 5.41) is 0. The number of carbonyl (C=O) groups is 2. The van der Waals surface area contributed by atoms with Crippen LogP contribution in [0.15, 0.2) is 0 Å². The number of primary amides is 1. The summed E-state index contributed by atoms with van der Waals surface area (Å²) in [6.45, 7) is 1.61. The second kappa shape index (κ2) is 6.36. The minimum Gasteiger partial charge on any atom is -0.487 e. The molecule has 0 radical (unpaired) electrons. The molecule has 0 aliphatic carbocycles. The maximum Gasteiger partial charge on any atom is 0.290 e. The van der Waals surface area contributed by atoms with Crippen molar-refractivity contribution in [3.8, 4) is 5.75 Å². The molecule has 0 aromatic heterocycles. The van der Waals surface area contributed by atoms with E-state index in [1.807, 2.05) is 0 Å². The highest BCUT2D eigenvalue weighted by Gasteiger charge is 2.32. The van der Waals surface area contributed by atoms with Crippen LogP contribution in [0, 0.1) is 23.3 Å². The molecule has 0 atom stereocenters. The highest BCUT2D eigenvalue weighted by molar-refractivity contribution is 6.42. The van der Waals surface area contributed by atoms with E-state index in [0.717, 1.165) is 0 Å². The molecule has 0 bridgehead atoms. The predicted molar refractivity (Wildman–Crippen MR) is 60.2 cm³/mol. The average Bonchev–Trinajstić information content (AvgIpc) is 2.40. The summed E-state index contributed by atoms with van der Waals surface area (Å²) in [5.74, 6) is -12.7. The number of rotatable bonds is 6. The lowest BCUT2D eigenvalue weighted by Gasteiger charge is -2.11. The number of carbonyl (C=O) groups excluding carboxylic acids is 2. The monoisotopic (exact) mass is 293 g/mol. The Hall–Kier alpha value is -2.12. The molecule has 20 heavy (non-hydrogen) atoms. The van der Waals surface area contributed by atoms with Gasteiger partial charge in [0.1, 0.15) is 5.56 Å². The normalized spacial score (nSPS) is 10.4. The van der Waals surface area contributed by atoms with Crippen molar-refractivity contribution in [2.24, 2.45) is 5.73 Å². The Kier molecular flexibility index (Phi) is 5.06. The summed E-state index contributed by atoms with van der Waals surface area (Å²) in [7, 11) is 0. The lowest BCUT2D eigenvalue weighted by Crippen LogP contribution is -2.26. The van der Waals surface area contributed by atoms with Gasteiger partial charge in [-0.3, -0.25) is 9.59 Å². The minimum atomic E-state index is -2.01. The average molecular weight is 293 g/mol. The first-order valence-corrected chi connectivity index (χ1v) is 5.65. The molecule has 2 N–H and O–H groups in total. The molecular formula is C12H11F4NO3. The first-order chi connectivity index (χ1) is 9.32. The van der Waals surface area contributed by atoms with Gasteiger partial charge < -0.3 is 10.5 Å². The molecule has 0 aliphatic rings. The van der Waals surface area contributed by atoms with Gasteiger partial charge in [0.15, 0.2) is 17.4 Å². The number of ketones is 1. The molecule has 8 heteroatoms. The van der Waals surface area contributed by atoms with Crippen LogP contribution >= 0.6 is 0 Å². The smallest absolute Gasteiger partial charge is 0.290 e. The first kappa shape index (κ1) is 15.9. The highest BCUT2D eigenvalue weighted by Crippen LogP contribution is 2.30. The Morgan fingerprint density at radius 3 is 1.95 bits per heavy atom. The van der Waals surface area contributed by atoms with Crippen LogP contribution in [0.25, 0.3) is 0 Å². The molecule has 0 unspecified atom stereocenters. The number of unbranched alkanes of at least 4 members (excludes halogenated alkanes) is 1. The topological polar surface area (TPSA) is 69.4 Å². The summed E-state index contributed by atoms with van der Waals surface area (Å²) >= 11 is 0. The molecule has 110 valence electrons. The summed E-state index contributed by atoms with van der Waals surface area (Å²) in [6, 6.07) is 0. The van der Waals surface area contributed by atoms with Crippen molar-refractivity contribution in [3.63, 3.8) is 0 Å². The van der Waals surface area contributed by atoms with Gasteiger partial charge in [-0.2, -0.15) is 8.78 Å². The Balaban J connectivity index is 3.34. The molecule has 4 nitrogen and oxygen atoms in total. The molecule has 0 saturated heterocycles. The van der Waals surface area contributed by atoms with E-state index in [4.69, 9.17) is 0 Å². The Morgan fingerprint density at radius 2 is 1.55 bits per heavy atom. The van der Waals surface area contributed by atoms with Crippen LogP contribution in [0.5, 0.6) is 5.75 Å². The van der Waals surface area contributed by atoms with Gasteiger partial charge in [0.25, 0.3) is 11.7 Å². The minimum absolute atomic E-state index is 0.160. The maximum absolute atomic E-state index is 13.5. The van der Waals surface area contributed by atoms with Crippen molar-refractivity contribution in [2.45, 2.75) is 19.8 Å². The molecule has 1 amide bonds. The van der Waals surface area contributed by atoms with E-state index in [-0.39, 0.29) is 6.61 Å². The number of Topliss-reactive ketones (excluding diaryl/α,β-unsaturated/α-hetero) is 1. The van der Waals surface area contributed by atoms with Crippen LogP contribution in [0.3, 0.4) is 0 Å². The SMILES string of the molecule is CCCCOc1c(F)c(F)c(C(=O)C(N)=O)c(F)c1F. The summed E-state index contributed by atoms with van der Waals surface area (Å²) in [4.78, 5) is 21.7. The van der Waals surface area contributed by atoms with Crippen molar-refractivity contribution in [2.75, 3.05) is 6.61 Å². The molecule has 1 rings (SSSR count). The molecule has 1 aromatic carbocycles. The van der Waals surface area contributed by atoms with Gasteiger partial charge in [0.05, 0.1) is 6.61 Å². The van der Waals surface area contributed by atoms with Crippen LogP contribution < -0.4 is 10.5 Å². The number of benzene rings is 1. The number of ether oxygens (including phenoxy) is 1. The third kappa shape index (κ3) is 2.89. The van der Waals surface area contributed by atoms with E-state index in [0.29, 0.717) is 12.8 Å². The van der Waals surface area contributed by atoms with E-state index < -0.39 is 46.3 Å². The third-order valence-electron chi connectivity index (χ3n) is 2.42. The second-order valence-electron chi connectivity index (χ2n) is 3.86. The zero-order valence-electron chi connectivity index (χ0n) is 10.4. The van der Waals surface area contributed by atoms with Crippen molar-refractivity contribution < 1.29 is 31.9 Å². The highest BCUT2D eigenvalue weighted by atomic mass is 19.2. The van der Waals surface area contributed by atoms with Crippen LogP contribution in [0.2, 0.25) is 0 Å². The molecule has 0 spiro atoms. The summed E-state index contributed by atoms with van der Waals surface area (Å²) in [6.07, 6.45) is 1.04. The lowest BCUT2D eigenvalue weighted by atomic mass is 10.1. The molecular weight excluding hydrogens is 282 g/mol. The van der Waals surface area contributed by atoms with Crippen LogP contribution in [0.4, 0.5) is 17.6 Å². The third-order valence-corrected chi connectivity index (χ3v) is 2.42. The fourth-order valence-electron chi connectivity index (χ4n) is 1.38. The van der Waals surface area contributed by atoms with Gasteiger partial charge in [-0.05, 0) is 6.42 Å². The maximum atomic E-state index is 13.5. The molecule has 0 aliphatic heterocycles. The number of hydrogen-bond acceptors (Lipinski definition) is 3. The van der Waals surface area contributed by atoms with E-state index >= 15 is 0 Å². The standard InChI is InChI=1S/C12H11F4NO3/c1-2-3-4-20-11-8(15)6(13)5(7(14)9(11)16)10(18)12(17)19/h2-4H2,1H3,(H2,17,19). The Morgan fingerprint density at radius 1 is 1.05 bits per heavy atom. The number of hydrogen-bond donors (Lipinski definition) is 1. The Bertz CT molecular complexity index is 531. The molecule has 0 fully saturated rings. The quantitative estimate of drug-likeness (QED) is 0.287. The molecule has 0 heterocycles. The van der Waals surface area contributed by atoms with E-state index in [1.54, 1.807) is 6.92 Å². The van der Waals surface area contributed by atoms with Crippen LogP contribution in [-0.2, 0) is 4.79 Å². The van der Waals surface area contributed by atoms with Crippen molar-refractivity contribution in [1.82, 2.24) is 0 Å². The van der Waals surface area contributed by atoms with Crippen molar-refractivity contribution in [3.05, 3.63) is 28.8 Å². The molecule has 1 aromatic rings. The van der Waals surface area contributed by atoms with Gasteiger partial charge in [0.2, 0.25) is 11.6 Å². The van der Waals surface area contributed by atoms with Crippen LogP contribution in [0.1, 0.15) is 30.1 Å². The van der Waals surface area contributed by atoms with Crippen LogP contribution in [-0.4, -0.2) is 18.3 Å². The predicted octanol–water partition coefficient (Wildman–Crippen LogP) is 2.09. The largest absolute Gasteiger partial charge is 0.487 e. The van der Waals surface area contributed by atoms with Gasteiger partial charge in [-0.15, -0.1) is 0 Å². The molecule has 0 saturated carbocycles. The number of amides is 1. The van der Waals surface area contributed by atoms with E-state index in [2.05, 4.69) is 10.5 Å². The van der Waals surface area contributed by atoms with Crippen molar-refractivity contribution in [1.29, 1.82) is 0 Å². The van der Waals surface area contributed by atoms with E-state index in [1.165, 1.54) is 0 Å². The second-order valence-corrected chi connectivity index (χ2v) is 3.86. The van der Waals surface area contributed by atoms with Gasteiger partial charge >= 0.3 is 0 Å². The summed E-state index contributed by atoms with van der Waals surface area (Å²) < 4.78 is 58.8. The fourth-order valence-corrected chi connectivity index (χ4v) is 1.38. The number of halogens is 4. The van der Waals surface area contributed by atoms with Crippen molar-refractivity contribution >= 4 is 11.7 Å². The van der Waals surface area contributed by atoms with Gasteiger partial charge in [0, 0.05) is 0 Å². The fraction of sp³-hybridized carbons (Fsp3) is 0.333. The zero-order chi connectivity index (χ0) is 15.4. The zero-order valence-corrected chi connectivity index (χ0v) is 10.4. The Labute approximate surface area is 111 Å². The lowest BCUT2D eigenvalue weighted by molar-refractivity contribution is -0.114. The number of nitrogens with two attached hydrogens (primary N) is 1. The van der Waals surface area contributed by atoms with Gasteiger partial charge in [-0.25, -0.2) is 8.78 Å². The van der Waals surface area contributed by atoms with Gasteiger partial charge in [-0.1, -0.05) is 13.3 Å².